The molecule has 1 saturated carbocycles. The molecule has 1 amide bonds. The van der Waals surface area contributed by atoms with Crippen molar-refractivity contribution in [3.63, 3.8) is 0 Å². The van der Waals surface area contributed by atoms with E-state index >= 15 is 0 Å². The van der Waals surface area contributed by atoms with E-state index in [1.54, 1.807) is 4.90 Å². The molecule has 6 rings (SSSR count). The number of amides is 1. The molecule has 1 aliphatic carbocycles. The predicted molar refractivity (Wildman–Crippen MR) is 142 cm³/mol. The normalized spacial score (nSPS) is 21.8. The Morgan fingerprint density at radius 3 is 2.78 bits per heavy atom. The van der Waals surface area contributed by atoms with E-state index in [1.807, 2.05) is 31.2 Å². The van der Waals surface area contributed by atoms with Gasteiger partial charge in [-0.2, -0.15) is 0 Å². The highest BCUT2D eigenvalue weighted by molar-refractivity contribution is 5.95. The van der Waals surface area contributed by atoms with Gasteiger partial charge in [-0.25, -0.2) is 9.78 Å². The van der Waals surface area contributed by atoms with Crippen LogP contribution >= 0.6 is 0 Å². The number of aliphatic carboxylic acids is 1. The van der Waals surface area contributed by atoms with Gasteiger partial charge in [-0.1, -0.05) is 24.6 Å². The second-order valence-corrected chi connectivity index (χ2v) is 10.5. The number of para-hydroxylation sites is 1. The first-order valence-electron chi connectivity index (χ1n) is 13.1. The van der Waals surface area contributed by atoms with Crippen LogP contribution in [0, 0.1) is 5.92 Å². The summed E-state index contributed by atoms with van der Waals surface area (Å²) in [5.41, 5.74) is 5.99. The summed E-state index contributed by atoms with van der Waals surface area (Å²) in [6.07, 6.45) is 5.04. The SMILES string of the molecule is COC(=O)N1c2ccc3c(nc(Cc4cc5ccccc5[nH]4)n3[C@@H]3CCC[C@@H](C(=O)O)C3)c2CCC1C. The number of carboxylic acids is 1. The van der Waals surface area contributed by atoms with Crippen molar-refractivity contribution in [2.24, 2.45) is 5.92 Å². The molecule has 0 spiro atoms. The summed E-state index contributed by atoms with van der Waals surface area (Å²) in [6, 6.07) is 14.5. The van der Waals surface area contributed by atoms with E-state index in [2.05, 4.69) is 27.8 Å². The Labute approximate surface area is 215 Å². The van der Waals surface area contributed by atoms with Crippen molar-refractivity contribution in [3.8, 4) is 0 Å². The molecule has 3 atom stereocenters. The van der Waals surface area contributed by atoms with Gasteiger partial charge in [-0.3, -0.25) is 9.69 Å². The molecule has 4 aromatic rings. The van der Waals surface area contributed by atoms with Gasteiger partial charge in [0.25, 0.3) is 0 Å². The number of rotatable bonds is 4. The Hall–Kier alpha value is -3.81. The van der Waals surface area contributed by atoms with Crippen LogP contribution in [-0.4, -0.2) is 44.9 Å². The molecule has 2 aromatic heterocycles. The Morgan fingerprint density at radius 2 is 2.00 bits per heavy atom. The zero-order chi connectivity index (χ0) is 25.7. The number of hydrogen-bond donors (Lipinski definition) is 2. The van der Waals surface area contributed by atoms with Crippen LogP contribution in [0.4, 0.5) is 10.5 Å². The third-order valence-corrected chi connectivity index (χ3v) is 8.19. The van der Waals surface area contributed by atoms with Crippen molar-refractivity contribution in [2.45, 2.75) is 64.0 Å². The number of aromatic amines is 1. The summed E-state index contributed by atoms with van der Waals surface area (Å²) in [6.45, 7) is 2.04. The van der Waals surface area contributed by atoms with Crippen molar-refractivity contribution in [2.75, 3.05) is 12.0 Å². The van der Waals surface area contributed by atoms with Crippen LogP contribution in [0.15, 0.2) is 42.5 Å². The molecular formula is C29H32N4O4. The van der Waals surface area contributed by atoms with Crippen LogP contribution in [-0.2, 0) is 22.4 Å². The summed E-state index contributed by atoms with van der Waals surface area (Å²) >= 11 is 0. The molecule has 0 radical (unpaired) electrons. The number of hydrogen-bond acceptors (Lipinski definition) is 4. The van der Waals surface area contributed by atoms with E-state index in [0.29, 0.717) is 12.8 Å². The number of aromatic nitrogens is 3. The van der Waals surface area contributed by atoms with Crippen molar-refractivity contribution in [3.05, 3.63) is 59.5 Å². The average Bonchev–Trinajstić information content (AvgIpc) is 3.48. The first-order valence-corrected chi connectivity index (χ1v) is 13.1. The van der Waals surface area contributed by atoms with E-state index in [0.717, 1.165) is 76.8 Å². The van der Waals surface area contributed by atoms with Gasteiger partial charge in [0, 0.05) is 35.3 Å². The fourth-order valence-corrected chi connectivity index (χ4v) is 6.38. The number of nitrogens with zero attached hydrogens (tertiary/aromatic N) is 3. The van der Waals surface area contributed by atoms with Crippen molar-refractivity contribution >= 4 is 39.7 Å². The summed E-state index contributed by atoms with van der Waals surface area (Å²) in [5.74, 6) is -0.133. The second-order valence-electron chi connectivity index (χ2n) is 10.5. The lowest BCUT2D eigenvalue weighted by Gasteiger charge is -2.34. The number of methoxy groups -OCH3 is 1. The van der Waals surface area contributed by atoms with E-state index in [9.17, 15) is 14.7 Å². The highest BCUT2D eigenvalue weighted by Gasteiger charge is 2.34. The topological polar surface area (TPSA) is 100 Å². The second kappa shape index (κ2) is 9.25. The van der Waals surface area contributed by atoms with Crippen molar-refractivity contribution in [1.29, 1.82) is 0 Å². The molecule has 1 fully saturated rings. The van der Waals surface area contributed by atoms with Crippen molar-refractivity contribution in [1.82, 2.24) is 14.5 Å². The lowest BCUT2D eigenvalue weighted by molar-refractivity contribution is -0.143. The number of H-pyrrole nitrogens is 1. The number of fused-ring (bicyclic) bond motifs is 4. The molecule has 3 heterocycles. The molecule has 2 aliphatic rings. The fourth-order valence-electron chi connectivity index (χ4n) is 6.38. The molecule has 192 valence electrons. The van der Waals surface area contributed by atoms with Gasteiger partial charge in [-0.15, -0.1) is 0 Å². The quantitative estimate of drug-likeness (QED) is 0.367. The standard InChI is InChI=1S/C29H32N4O4/c1-17-10-11-22-24(32(17)29(36)37-2)12-13-25-27(22)31-26(16-20-14-18-6-3-4-9-23(18)30-20)33(25)21-8-5-7-19(15-21)28(34)35/h3-4,6,9,12-14,17,19,21,30H,5,7-8,10-11,15-16H2,1-2H3,(H,34,35)/t17?,19-,21-/m1/s1. The number of anilines is 1. The molecule has 2 aromatic carbocycles. The largest absolute Gasteiger partial charge is 0.481 e. The number of aryl methyl sites for hydroxylation is 1. The van der Waals surface area contributed by atoms with Crippen LogP contribution in [0.2, 0.25) is 0 Å². The molecule has 0 saturated heterocycles. The lowest BCUT2D eigenvalue weighted by Crippen LogP contribution is -2.42. The Morgan fingerprint density at radius 1 is 1.16 bits per heavy atom. The Balaban J connectivity index is 1.49. The van der Waals surface area contributed by atoms with E-state index < -0.39 is 5.97 Å². The summed E-state index contributed by atoms with van der Waals surface area (Å²) < 4.78 is 7.39. The van der Waals surface area contributed by atoms with Crippen LogP contribution in [0.25, 0.3) is 21.9 Å². The minimum Gasteiger partial charge on any atom is -0.481 e. The minimum atomic E-state index is -0.716. The molecule has 1 unspecified atom stereocenters. The van der Waals surface area contributed by atoms with Crippen LogP contribution in [0.1, 0.15) is 62.2 Å². The number of carboxylic acid groups (broad SMARTS) is 1. The van der Waals surface area contributed by atoms with Gasteiger partial charge in [0.05, 0.1) is 29.7 Å². The minimum absolute atomic E-state index is 0.0416. The first-order chi connectivity index (χ1) is 17.9. The maximum absolute atomic E-state index is 12.6. The molecule has 0 bridgehead atoms. The van der Waals surface area contributed by atoms with Gasteiger partial charge >= 0.3 is 12.1 Å². The monoisotopic (exact) mass is 500 g/mol. The number of carbonyl (C=O) groups is 2. The third kappa shape index (κ3) is 4.04. The average molecular weight is 501 g/mol. The first kappa shape index (κ1) is 23.6. The van der Waals surface area contributed by atoms with E-state index in [1.165, 1.54) is 7.11 Å². The zero-order valence-corrected chi connectivity index (χ0v) is 21.2. The number of benzene rings is 2. The molecule has 1 aliphatic heterocycles. The number of imidazole rings is 1. The number of nitrogens with one attached hydrogen (secondary N) is 1. The molecule has 8 nitrogen and oxygen atoms in total. The highest BCUT2D eigenvalue weighted by Crippen LogP contribution is 2.41. The maximum Gasteiger partial charge on any atom is 0.414 e. The van der Waals surface area contributed by atoms with Crippen LogP contribution in [0.5, 0.6) is 0 Å². The van der Waals surface area contributed by atoms with Gasteiger partial charge < -0.3 is 19.4 Å². The highest BCUT2D eigenvalue weighted by atomic mass is 16.5. The maximum atomic E-state index is 12.6. The molecule has 8 heteroatoms. The van der Waals surface area contributed by atoms with E-state index in [4.69, 9.17) is 9.72 Å². The van der Waals surface area contributed by atoms with Crippen LogP contribution < -0.4 is 4.90 Å². The summed E-state index contributed by atoms with van der Waals surface area (Å²) in [7, 11) is 1.41. The molecule has 2 N–H and O–H groups in total. The van der Waals surface area contributed by atoms with E-state index in [-0.39, 0.29) is 24.1 Å². The third-order valence-electron chi connectivity index (χ3n) is 8.19. The van der Waals surface area contributed by atoms with Gasteiger partial charge in [0.15, 0.2) is 0 Å². The smallest absolute Gasteiger partial charge is 0.414 e. The van der Waals surface area contributed by atoms with Gasteiger partial charge in [0.2, 0.25) is 0 Å². The molecule has 37 heavy (non-hydrogen) atoms. The Kier molecular flexibility index (Phi) is 5.89. The lowest BCUT2D eigenvalue weighted by atomic mass is 9.85. The number of carbonyl (C=O) groups excluding carboxylic acids is 1. The van der Waals surface area contributed by atoms with Gasteiger partial charge in [0.1, 0.15) is 5.82 Å². The summed E-state index contributed by atoms with van der Waals surface area (Å²) in [4.78, 5) is 35.0. The Bertz CT molecular complexity index is 1470. The van der Waals surface area contributed by atoms with Gasteiger partial charge in [-0.05, 0) is 68.7 Å². The molecular weight excluding hydrogens is 468 g/mol. The summed E-state index contributed by atoms with van der Waals surface area (Å²) in [5, 5.41) is 10.9. The number of ether oxygens (including phenoxy) is 1. The zero-order valence-electron chi connectivity index (χ0n) is 21.2. The fraction of sp³-hybridized carbons (Fsp3) is 0.414. The van der Waals surface area contributed by atoms with Crippen molar-refractivity contribution < 1.29 is 19.4 Å². The van der Waals surface area contributed by atoms with Crippen LogP contribution in [0.3, 0.4) is 0 Å². The predicted octanol–water partition coefficient (Wildman–Crippen LogP) is 5.83.